The molecule has 302 valence electrons. The summed E-state index contributed by atoms with van der Waals surface area (Å²) in [5, 5.41) is 4.98. The van der Waals surface area contributed by atoms with E-state index in [4.69, 9.17) is 0 Å². The van der Waals surface area contributed by atoms with Gasteiger partial charge in [0.2, 0.25) is 0 Å². The van der Waals surface area contributed by atoms with E-state index in [9.17, 15) is 0 Å². The molecule has 0 atom stereocenters. The topological polar surface area (TPSA) is 38.1 Å². The highest BCUT2D eigenvalue weighted by Crippen LogP contribution is 2.41. The van der Waals surface area contributed by atoms with Gasteiger partial charge in [0, 0.05) is 77.8 Å². The van der Waals surface area contributed by atoms with Gasteiger partial charge in [0.25, 0.3) is 0 Å². The molecule has 0 amide bonds. The summed E-state index contributed by atoms with van der Waals surface area (Å²) in [6.45, 7) is 0. The highest BCUT2D eigenvalue weighted by Gasteiger charge is 2.17. The third-order valence-electron chi connectivity index (χ3n) is 12.6. The van der Waals surface area contributed by atoms with E-state index in [0.717, 1.165) is 67.3 Å². The monoisotopic (exact) mass is 818 g/mol. The lowest BCUT2D eigenvalue weighted by molar-refractivity contribution is 1.28. The summed E-state index contributed by atoms with van der Waals surface area (Å²) in [5.41, 5.74) is 18.3. The van der Waals surface area contributed by atoms with Crippen LogP contribution in [-0.2, 0) is 0 Å². The Labute approximate surface area is 371 Å². The predicted octanol–water partition coefficient (Wildman–Crippen LogP) is 16.9. The summed E-state index contributed by atoms with van der Waals surface area (Å²) in [6.07, 6.45) is 0. The zero-order chi connectivity index (χ0) is 42.4. The molecule has 4 heteroatoms. The normalized spacial score (nSPS) is 11.4. The first-order valence-corrected chi connectivity index (χ1v) is 21.8. The van der Waals surface area contributed by atoms with Crippen molar-refractivity contribution in [3.05, 3.63) is 243 Å². The number of rotatable bonds is 9. The SMILES string of the molecule is c1ccc(N(c2ccc(-c3ccc(N(c4ccccc4)c4ccc(-c5cccc6c5[nH]c5ccccc56)cc4)cc3)cc2)c2ccc(-c3cccc4c3[nH]c3ccccc34)cc2)cc1. The third kappa shape index (κ3) is 6.57. The molecule has 12 rings (SSSR count). The minimum atomic E-state index is 1.09. The van der Waals surface area contributed by atoms with Gasteiger partial charge in [-0.05, 0) is 107 Å². The van der Waals surface area contributed by atoms with E-state index in [1.165, 1.54) is 43.8 Å². The largest absolute Gasteiger partial charge is 0.354 e. The molecule has 0 saturated carbocycles. The van der Waals surface area contributed by atoms with Gasteiger partial charge >= 0.3 is 0 Å². The van der Waals surface area contributed by atoms with E-state index < -0.39 is 0 Å². The second kappa shape index (κ2) is 15.7. The third-order valence-corrected chi connectivity index (χ3v) is 12.6. The zero-order valence-electron chi connectivity index (χ0n) is 35.0. The maximum atomic E-state index is 3.68. The predicted molar refractivity (Wildman–Crippen MR) is 271 cm³/mol. The number of benzene rings is 10. The van der Waals surface area contributed by atoms with Crippen LogP contribution in [0.2, 0.25) is 0 Å². The molecule has 2 heterocycles. The van der Waals surface area contributed by atoms with Gasteiger partial charge in [-0.3, -0.25) is 0 Å². The lowest BCUT2D eigenvalue weighted by Gasteiger charge is -2.26. The van der Waals surface area contributed by atoms with Crippen molar-refractivity contribution < 1.29 is 0 Å². The quantitative estimate of drug-likeness (QED) is 0.152. The molecule has 0 bridgehead atoms. The van der Waals surface area contributed by atoms with Crippen molar-refractivity contribution in [3.63, 3.8) is 0 Å². The molecule has 10 aromatic carbocycles. The second-order valence-corrected chi connectivity index (χ2v) is 16.3. The van der Waals surface area contributed by atoms with Gasteiger partial charge in [0.05, 0.1) is 11.0 Å². The number of fused-ring (bicyclic) bond motifs is 6. The molecule has 64 heavy (non-hydrogen) atoms. The Morgan fingerprint density at radius 1 is 0.219 bits per heavy atom. The number of nitrogens with zero attached hydrogens (tertiary/aromatic N) is 2. The fourth-order valence-corrected chi connectivity index (χ4v) is 9.46. The van der Waals surface area contributed by atoms with Crippen LogP contribution in [-0.4, -0.2) is 9.97 Å². The number of nitrogens with one attached hydrogen (secondary N) is 2. The highest BCUT2D eigenvalue weighted by atomic mass is 15.1. The van der Waals surface area contributed by atoms with Crippen LogP contribution in [0.4, 0.5) is 34.1 Å². The Kier molecular flexibility index (Phi) is 9.12. The van der Waals surface area contributed by atoms with Crippen LogP contribution < -0.4 is 9.80 Å². The molecular formula is C60H42N4. The Morgan fingerprint density at radius 2 is 0.516 bits per heavy atom. The van der Waals surface area contributed by atoms with Gasteiger partial charge in [-0.25, -0.2) is 0 Å². The maximum Gasteiger partial charge on any atom is 0.0544 e. The molecule has 0 aliphatic carbocycles. The first-order chi connectivity index (χ1) is 31.7. The van der Waals surface area contributed by atoms with Crippen LogP contribution >= 0.6 is 0 Å². The minimum Gasteiger partial charge on any atom is -0.354 e. The van der Waals surface area contributed by atoms with Crippen LogP contribution in [0.25, 0.3) is 77.0 Å². The molecule has 0 radical (unpaired) electrons. The number of aromatic amines is 2. The van der Waals surface area contributed by atoms with Gasteiger partial charge in [-0.1, -0.05) is 158 Å². The number of anilines is 6. The molecule has 2 N–H and O–H groups in total. The molecule has 0 aliphatic rings. The number of H-pyrrole nitrogens is 2. The highest BCUT2D eigenvalue weighted by molar-refractivity contribution is 6.13. The smallest absolute Gasteiger partial charge is 0.0544 e. The van der Waals surface area contributed by atoms with Crippen LogP contribution in [0.1, 0.15) is 0 Å². The lowest BCUT2D eigenvalue weighted by Crippen LogP contribution is -2.10. The second-order valence-electron chi connectivity index (χ2n) is 16.3. The molecule has 2 aromatic heterocycles. The maximum absolute atomic E-state index is 3.68. The Balaban J connectivity index is 0.835. The number of hydrogen-bond donors (Lipinski definition) is 2. The molecule has 0 aliphatic heterocycles. The van der Waals surface area contributed by atoms with Crippen molar-refractivity contribution in [1.29, 1.82) is 0 Å². The van der Waals surface area contributed by atoms with Crippen molar-refractivity contribution in [1.82, 2.24) is 9.97 Å². The van der Waals surface area contributed by atoms with E-state index in [1.54, 1.807) is 0 Å². The molecule has 12 aromatic rings. The van der Waals surface area contributed by atoms with Crippen LogP contribution in [0.5, 0.6) is 0 Å². The zero-order valence-corrected chi connectivity index (χ0v) is 35.0. The van der Waals surface area contributed by atoms with Crippen LogP contribution in [0.15, 0.2) is 243 Å². The molecule has 0 saturated heterocycles. The van der Waals surface area contributed by atoms with Gasteiger partial charge in [0.1, 0.15) is 0 Å². The average Bonchev–Trinajstić information content (AvgIpc) is 3.95. The molecule has 0 spiro atoms. The van der Waals surface area contributed by atoms with Gasteiger partial charge in [-0.2, -0.15) is 0 Å². The van der Waals surface area contributed by atoms with Crippen LogP contribution in [0, 0.1) is 0 Å². The minimum absolute atomic E-state index is 1.09. The summed E-state index contributed by atoms with van der Waals surface area (Å²) < 4.78 is 0. The molecule has 0 unspecified atom stereocenters. The number of para-hydroxylation sites is 6. The van der Waals surface area contributed by atoms with Crippen molar-refractivity contribution in [2.45, 2.75) is 0 Å². The standard InChI is InChI=1S/C60H42N4/c1-3-13-45(14-4-1)63(49-37-29-43(30-38-49)51-19-11-21-55-53-17-7-9-23-57(53)61-59(51)55)47-33-25-41(26-34-47)42-27-35-48(36-28-42)64(46-15-5-2-6-16-46)50-39-31-44(32-40-50)52-20-12-22-56-54-18-8-10-24-58(54)62-60(52)56/h1-40,61-62H. The van der Waals surface area contributed by atoms with Gasteiger partial charge < -0.3 is 19.8 Å². The Morgan fingerprint density at radius 3 is 0.891 bits per heavy atom. The summed E-state index contributed by atoms with van der Waals surface area (Å²) in [6, 6.07) is 87.1. The summed E-state index contributed by atoms with van der Waals surface area (Å²) in [7, 11) is 0. The van der Waals surface area contributed by atoms with Gasteiger partial charge in [0.15, 0.2) is 0 Å². The van der Waals surface area contributed by atoms with E-state index in [2.05, 4.69) is 262 Å². The summed E-state index contributed by atoms with van der Waals surface area (Å²) >= 11 is 0. The molecule has 4 nitrogen and oxygen atoms in total. The lowest BCUT2D eigenvalue weighted by atomic mass is 10.0. The van der Waals surface area contributed by atoms with Crippen molar-refractivity contribution in [3.8, 4) is 33.4 Å². The fourth-order valence-electron chi connectivity index (χ4n) is 9.46. The fraction of sp³-hybridized carbons (Fsp3) is 0. The Bertz CT molecular complexity index is 3330. The average molecular weight is 819 g/mol. The van der Waals surface area contributed by atoms with Crippen molar-refractivity contribution in [2.75, 3.05) is 9.80 Å². The van der Waals surface area contributed by atoms with Gasteiger partial charge in [-0.15, -0.1) is 0 Å². The first-order valence-electron chi connectivity index (χ1n) is 21.8. The van der Waals surface area contributed by atoms with Crippen molar-refractivity contribution in [2.24, 2.45) is 0 Å². The number of aromatic nitrogens is 2. The first kappa shape index (κ1) is 37.2. The van der Waals surface area contributed by atoms with Crippen LogP contribution in [0.3, 0.4) is 0 Å². The Hall–Kier alpha value is -8.60. The molecular weight excluding hydrogens is 777 g/mol. The summed E-state index contributed by atoms with van der Waals surface area (Å²) in [4.78, 5) is 12.0. The summed E-state index contributed by atoms with van der Waals surface area (Å²) in [5.74, 6) is 0. The van der Waals surface area contributed by atoms with Crippen molar-refractivity contribution >= 4 is 77.7 Å². The number of hydrogen-bond acceptors (Lipinski definition) is 2. The van der Waals surface area contributed by atoms with E-state index in [-0.39, 0.29) is 0 Å². The van der Waals surface area contributed by atoms with E-state index in [1.807, 2.05) is 0 Å². The van der Waals surface area contributed by atoms with E-state index >= 15 is 0 Å². The molecule has 0 fully saturated rings. The van der Waals surface area contributed by atoms with E-state index in [0.29, 0.717) is 0 Å².